The molecule has 0 fully saturated rings. The summed E-state index contributed by atoms with van der Waals surface area (Å²) >= 11 is 5.90. The Morgan fingerprint density at radius 3 is 2.55 bits per heavy atom. The number of nitrogens with two attached hydrogens (primary N) is 1. The van der Waals surface area contributed by atoms with E-state index in [0.29, 0.717) is 23.9 Å². The van der Waals surface area contributed by atoms with Crippen molar-refractivity contribution in [2.45, 2.75) is 18.8 Å². The minimum Gasteiger partial charge on any atom is -0.493 e. The molecule has 20 heavy (non-hydrogen) atoms. The number of primary amides is 1. The molecular weight excluding hydrogens is 282 g/mol. The monoisotopic (exact) mass is 297 g/mol. The number of methoxy groups -OCH3 is 2. The number of aromatic nitrogens is 2. The molecule has 108 valence electrons. The van der Waals surface area contributed by atoms with Crippen LogP contribution in [0, 0.1) is 0 Å². The summed E-state index contributed by atoms with van der Waals surface area (Å²) in [6, 6.07) is 3.60. The number of alkyl halides is 1. The number of hydrogen-bond acceptors (Lipinski definition) is 4. The van der Waals surface area contributed by atoms with Crippen molar-refractivity contribution in [1.29, 1.82) is 0 Å². The molecule has 2 N–H and O–H groups in total. The lowest BCUT2D eigenvalue weighted by Gasteiger charge is -2.09. The molecule has 0 atom stereocenters. The molecule has 6 nitrogen and oxygen atoms in total. The first-order chi connectivity index (χ1) is 9.60. The summed E-state index contributed by atoms with van der Waals surface area (Å²) < 4.78 is 12.4. The van der Waals surface area contributed by atoms with Gasteiger partial charge in [-0.1, -0.05) is 0 Å². The zero-order chi connectivity index (χ0) is 14.7. The standard InChI is InChI=1S/C13H16ClN3O3/c1-19-10-5-8-9(6-11(10)20-2)17(4-3-12(15)18)13(7-14)16-8/h5-6H,3-4,7H2,1-2H3,(H2,15,18). The van der Waals surface area contributed by atoms with Gasteiger partial charge in [0.2, 0.25) is 5.91 Å². The molecule has 0 aliphatic carbocycles. The molecule has 0 aliphatic heterocycles. The molecular formula is C13H16ClN3O3. The molecule has 0 spiro atoms. The highest BCUT2D eigenvalue weighted by Gasteiger charge is 2.15. The molecule has 2 rings (SSSR count). The Balaban J connectivity index is 2.55. The van der Waals surface area contributed by atoms with Crippen molar-refractivity contribution in [1.82, 2.24) is 9.55 Å². The molecule has 1 aromatic heterocycles. The van der Waals surface area contributed by atoms with Crippen LogP contribution in [0.5, 0.6) is 11.5 Å². The summed E-state index contributed by atoms with van der Waals surface area (Å²) in [5.74, 6) is 1.76. The number of rotatable bonds is 6. The van der Waals surface area contributed by atoms with Crippen molar-refractivity contribution < 1.29 is 14.3 Å². The fraction of sp³-hybridized carbons (Fsp3) is 0.385. The van der Waals surface area contributed by atoms with Gasteiger partial charge in [-0.2, -0.15) is 0 Å². The van der Waals surface area contributed by atoms with E-state index in [1.54, 1.807) is 20.3 Å². The van der Waals surface area contributed by atoms with Gasteiger partial charge >= 0.3 is 0 Å². The van der Waals surface area contributed by atoms with Gasteiger partial charge in [-0.25, -0.2) is 4.98 Å². The fourth-order valence-corrected chi connectivity index (χ4v) is 2.28. The zero-order valence-electron chi connectivity index (χ0n) is 11.4. The normalized spacial score (nSPS) is 10.8. The summed E-state index contributed by atoms with van der Waals surface area (Å²) in [4.78, 5) is 15.4. The van der Waals surface area contributed by atoms with Crippen LogP contribution >= 0.6 is 11.6 Å². The second kappa shape index (κ2) is 6.00. The largest absolute Gasteiger partial charge is 0.493 e. The molecule has 1 heterocycles. The lowest BCUT2D eigenvalue weighted by molar-refractivity contribution is -0.118. The second-order valence-corrected chi connectivity index (χ2v) is 4.49. The number of carbonyl (C=O) groups excluding carboxylic acids is 1. The lowest BCUT2D eigenvalue weighted by Crippen LogP contribution is -2.14. The Hall–Kier alpha value is -1.95. The van der Waals surface area contributed by atoms with Gasteiger partial charge in [0.1, 0.15) is 5.82 Å². The number of amides is 1. The van der Waals surface area contributed by atoms with Crippen LogP contribution in [0.2, 0.25) is 0 Å². The summed E-state index contributed by atoms with van der Waals surface area (Å²) in [7, 11) is 3.13. The molecule has 0 saturated heterocycles. The van der Waals surface area contributed by atoms with Crippen LogP contribution in [-0.4, -0.2) is 29.7 Å². The van der Waals surface area contributed by atoms with Crippen molar-refractivity contribution in [2.75, 3.05) is 14.2 Å². The maximum absolute atomic E-state index is 11.0. The molecule has 0 unspecified atom stereocenters. The average molecular weight is 298 g/mol. The van der Waals surface area contributed by atoms with Crippen molar-refractivity contribution in [3.63, 3.8) is 0 Å². The number of imidazole rings is 1. The summed E-state index contributed by atoms with van der Waals surface area (Å²) in [5.41, 5.74) is 6.77. The minimum absolute atomic E-state index is 0.226. The average Bonchev–Trinajstić information content (AvgIpc) is 2.79. The number of halogens is 1. The van der Waals surface area contributed by atoms with Crippen LogP contribution in [0.1, 0.15) is 12.2 Å². The van der Waals surface area contributed by atoms with Gasteiger partial charge in [0, 0.05) is 25.1 Å². The number of nitrogens with zero attached hydrogens (tertiary/aromatic N) is 2. The Morgan fingerprint density at radius 2 is 2.00 bits per heavy atom. The Labute approximate surface area is 121 Å². The van der Waals surface area contributed by atoms with Gasteiger partial charge in [-0.15, -0.1) is 11.6 Å². The summed E-state index contributed by atoms with van der Waals surface area (Å²) in [6.07, 6.45) is 0.226. The lowest BCUT2D eigenvalue weighted by atomic mass is 10.2. The van der Waals surface area contributed by atoms with Crippen LogP contribution in [0.4, 0.5) is 0 Å². The Bertz CT molecular complexity index is 639. The van der Waals surface area contributed by atoms with E-state index in [1.165, 1.54) is 0 Å². The SMILES string of the molecule is COc1cc2nc(CCl)n(CCC(N)=O)c2cc1OC. The topological polar surface area (TPSA) is 79.4 Å². The third kappa shape index (κ3) is 2.65. The molecule has 0 aliphatic rings. The summed E-state index contributed by atoms with van der Waals surface area (Å²) in [6.45, 7) is 0.434. The van der Waals surface area contributed by atoms with E-state index in [-0.39, 0.29) is 18.2 Å². The number of benzene rings is 1. The third-order valence-corrected chi connectivity index (χ3v) is 3.27. The number of hydrogen-bond donors (Lipinski definition) is 1. The smallest absolute Gasteiger partial charge is 0.219 e. The van der Waals surface area contributed by atoms with Gasteiger partial charge in [-0.3, -0.25) is 4.79 Å². The van der Waals surface area contributed by atoms with Crippen molar-refractivity contribution in [2.24, 2.45) is 5.73 Å². The van der Waals surface area contributed by atoms with Crippen LogP contribution in [0.15, 0.2) is 12.1 Å². The van der Waals surface area contributed by atoms with Crippen LogP contribution in [0.3, 0.4) is 0 Å². The highest BCUT2D eigenvalue weighted by molar-refractivity contribution is 6.16. The number of aryl methyl sites for hydroxylation is 1. The Kier molecular flexibility index (Phi) is 4.34. The van der Waals surface area contributed by atoms with Gasteiger partial charge in [0.05, 0.1) is 31.1 Å². The van der Waals surface area contributed by atoms with Gasteiger partial charge in [0.25, 0.3) is 0 Å². The first kappa shape index (κ1) is 14.5. The molecule has 2 aromatic rings. The highest BCUT2D eigenvalue weighted by atomic mass is 35.5. The minimum atomic E-state index is -0.368. The van der Waals surface area contributed by atoms with Crippen molar-refractivity contribution >= 4 is 28.5 Å². The van der Waals surface area contributed by atoms with Gasteiger partial charge in [-0.05, 0) is 0 Å². The van der Waals surface area contributed by atoms with E-state index in [4.69, 9.17) is 26.8 Å². The number of carbonyl (C=O) groups is 1. The molecule has 7 heteroatoms. The van der Waals surface area contributed by atoms with Crippen molar-refractivity contribution in [3.8, 4) is 11.5 Å². The predicted molar refractivity (Wildman–Crippen MR) is 76.2 cm³/mol. The van der Waals surface area contributed by atoms with Gasteiger partial charge in [0.15, 0.2) is 11.5 Å². The molecule has 1 aromatic carbocycles. The predicted octanol–water partition coefficient (Wildman–Crippen LogP) is 1.67. The van der Waals surface area contributed by atoms with Crippen molar-refractivity contribution in [3.05, 3.63) is 18.0 Å². The van der Waals surface area contributed by atoms with E-state index in [9.17, 15) is 4.79 Å². The van der Waals surface area contributed by atoms with Crippen LogP contribution in [0.25, 0.3) is 11.0 Å². The number of ether oxygens (including phenoxy) is 2. The van der Waals surface area contributed by atoms with E-state index in [0.717, 1.165) is 11.0 Å². The van der Waals surface area contributed by atoms with E-state index in [2.05, 4.69) is 4.98 Å². The highest BCUT2D eigenvalue weighted by Crippen LogP contribution is 2.32. The van der Waals surface area contributed by atoms with E-state index < -0.39 is 0 Å². The molecule has 0 radical (unpaired) electrons. The zero-order valence-corrected chi connectivity index (χ0v) is 12.1. The first-order valence-corrected chi connectivity index (χ1v) is 6.59. The van der Waals surface area contributed by atoms with E-state index >= 15 is 0 Å². The third-order valence-electron chi connectivity index (χ3n) is 3.03. The maximum Gasteiger partial charge on any atom is 0.219 e. The Morgan fingerprint density at radius 1 is 1.35 bits per heavy atom. The van der Waals surface area contributed by atoms with Crippen LogP contribution in [-0.2, 0) is 17.2 Å². The first-order valence-electron chi connectivity index (χ1n) is 6.06. The van der Waals surface area contributed by atoms with E-state index in [1.807, 2.05) is 10.6 Å². The fourth-order valence-electron chi connectivity index (χ4n) is 2.08. The molecule has 0 bridgehead atoms. The number of fused-ring (bicyclic) bond motifs is 1. The maximum atomic E-state index is 11.0. The second-order valence-electron chi connectivity index (χ2n) is 4.23. The van der Waals surface area contributed by atoms with Crippen LogP contribution < -0.4 is 15.2 Å². The molecule has 1 amide bonds. The quantitative estimate of drug-likeness (QED) is 0.823. The molecule has 0 saturated carbocycles. The summed E-state index contributed by atoms with van der Waals surface area (Å²) in [5, 5.41) is 0. The van der Waals surface area contributed by atoms with Gasteiger partial charge < -0.3 is 19.8 Å².